The van der Waals surface area contributed by atoms with Crippen LogP contribution in [0.25, 0.3) is 11.0 Å². The van der Waals surface area contributed by atoms with Crippen LogP contribution < -0.4 is 20.7 Å². The van der Waals surface area contributed by atoms with Crippen molar-refractivity contribution in [2.45, 2.75) is 72.4 Å². The van der Waals surface area contributed by atoms with Crippen molar-refractivity contribution in [3.63, 3.8) is 0 Å². The second-order valence-electron chi connectivity index (χ2n) is 11.2. The Hall–Kier alpha value is -5.13. The van der Waals surface area contributed by atoms with Crippen molar-refractivity contribution >= 4 is 46.6 Å². The Morgan fingerprint density at radius 2 is 1.89 bits per heavy atom. The Labute approximate surface area is 268 Å². The van der Waals surface area contributed by atoms with E-state index in [0.717, 1.165) is 11.1 Å². The van der Waals surface area contributed by atoms with Crippen molar-refractivity contribution in [2.24, 2.45) is 0 Å². The van der Waals surface area contributed by atoms with Gasteiger partial charge in [0.1, 0.15) is 17.5 Å². The smallest absolute Gasteiger partial charge is 0.436 e. The van der Waals surface area contributed by atoms with E-state index in [4.69, 9.17) is 14.2 Å². The number of likely N-dealkylation sites (N-methyl/N-ethyl adjacent to an activating group) is 1. The number of unbranched alkanes of at least 4 members (excludes halogenated alkanes) is 1. The molecule has 0 aliphatic rings. The number of nitrogens with zero attached hydrogens (tertiary/aromatic N) is 6. The minimum absolute atomic E-state index is 0.197. The molecule has 0 bridgehead atoms. The van der Waals surface area contributed by atoms with Gasteiger partial charge in [-0.05, 0) is 53.5 Å². The van der Waals surface area contributed by atoms with Crippen molar-refractivity contribution in [1.29, 1.82) is 0 Å². The molecule has 0 fully saturated rings. The van der Waals surface area contributed by atoms with Crippen LogP contribution in [0, 0.1) is 11.8 Å². The number of pyridine rings is 1. The number of hydrogen-bond acceptors (Lipinski definition) is 12. The summed E-state index contributed by atoms with van der Waals surface area (Å²) < 4.78 is 16.8. The molecule has 15 nitrogen and oxygen atoms in total. The molecular weight excluding hydrogens is 594 g/mol. The largest absolute Gasteiger partial charge is 0.479 e. The van der Waals surface area contributed by atoms with Gasteiger partial charge in [-0.2, -0.15) is 4.98 Å². The molecule has 0 spiro atoms. The Bertz CT molecular complexity index is 1590. The molecule has 2 amide bonds. The summed E-state index contributed by atoms with van der Waals surface area (Å²) >= 11 is 0. The maximum atomic E-state index is 12.5. The third-order valence-corrected chi connectivity index (χ3v) is 6.35. The molecule has 0 saturated heterocycles. The highest BCUT2D eigenvalue weighted by Crippen LogP contribution is 2.27. The molecule has 3 aromatic heterocycles. The minimum Gasteiger partial charge on any atom is -0.479 e. The molecule has 15 heteroatoms. The number of anilines is 3. The van der Waals surface area contributed by atoms with Gasteiger partial charge in [0.2, 0.25) is 17.7 Å². The number of carbonyl (C=O) groups is 3. The fraction of sp³-hybridized carbons (Fsp3) is 0.516. The first kappa shape index (κ1) is 35.4. The predicted octanol–water partition coefficient (Wildman–Crippen LogP) is 4.30. The zero-order valence-corrected chi connectivity index (χ0v) is 27.7. The lowest BCUT2D eigenvalue weighted by atomic mass is 10.2. The second kappa shape index (κ2) is 16.3. The van der Waals surface area contributed by atoms with Gasteiger partial charge in [-0.25, -0.2) is 19.6 Å². The minimum atomic E-state index is -0.681. The van der Waals surface area contributed by atoms with Crippen molar-refractivity contribution < 1.29 is 28.6 Å². The third kappa shape index (κ3) is 9.68. The number of rotatable bonds is 12. The van der Waals surface area contributed by atoms with Crippen molar-refractivity contribution in [3.8, 4) is 17.7 Å². The summed E-state index contributed by atoms with van der Waals surface area (Å²) in [6.07, 6.45) is 3.97. The molecule has 46 heavy (non-hydrogen) atoms. The average molecular weight is 638 g/mol. The molecule has 3 aromatic rings. The number of methoxy groups -OCH3 is 1. The molecule has 3 N–H and O–H groups in total. The normalized spacial score (nSPS) is 11.6. The van der Waals surface area contributed by atoms with Gasteiger partial charge in [0, 0.05) is 26.6 Å². The first-order valence-corrected chi connectivity index (χ1v) is 15.1. The summed E-state index contributed by atoms with van der Waals surface area (Å²) in [7, 11) is 2.99. The Balaban J connectivity index is 1.63. The summed E-state index contributed by atoms with van der Waals surface area (Å²) in [5.74, 6) is 7.06. The molecule has 0 unspecified atom stereocenters. The monoisotopic (exact) mass is 637 g/mol. The van der Waals surface area contributed by atoms with Gasteiger partial charge in [-0.15, -0.1) is 9.78 Å². The summed E-state index contributed by atoms with van der Waals surface area (Å²) in [4.78, 5) is 51.7. The molecule has 0 aliphatic carbocycles. The van der Waals surface area contributed by atoms with Gasteiger partial charge in [-0.1, -0.05) is 18.8 Å². The van der Waals surface area contributed by atoms with Crippen LogP contribution in [0.2, 0.25) is 0 Å². The van der Waals surface area contributed by atoms with Crippen LogP contribution in [0.3, 0.4) is 0 Å². The van der Waals surface area contributed by atoms with Crippen LogP contribution in [0.5, 0.6) is 5.88 Å². The maximum Gasteiger partial charge on any atom is 0.436 e. The summed E-state index contributed by atoms with van der Waals surface area (Å²) in [6.45, 7) is 12.0. The zero-order valence-electron chi connectivity index (χ0n) is 27.7. The van der Waals surface area contributed by atoms with Crippen molar-refractivity contribution in [3.05, 3.63) is 24.0 Å². The van der Waals surface area contributed by atoms with Gasteiger partial charge in [0.15, 0.2) is 5.65 Å². The van der Waals surface area contributed by atoms with Crippen LogP contribution in [0.1, 0.15) is 66.4 Å². The SMILES string of the molecule is CCCNc1nc(Nc2cnc3c(c2)c(OC)nn3C(=O)OCC)ncc1C#CCCCNC(=O)[C@H](C)N(C)C(=O)OC(C)(C)C. The first-order chi connectivity index (χ1) is 21.9. The van der Waals surface area contributed by atoms with Crippen LogP contribution >= 0.6 is 0 Å². The molecule has 3 heterocycles. The predicted molar refractivity (Wildman–Crippen MR) is 173 cm³/mol. The van der Waals surface area contributed by atoms with Gasteiger partial charge >= 0.3 is 12.2 Å². The maximum absolute atomic E-state index is 12.5. The molecule has 0 saturated carbocycles. The number of aromatic nitrogens is 5. The molecule has 1 atom stereocenters. The van der Waals surface area contributed by atoms with Gasteiger partial charge in [0.05, 0.1) is 42.7 Å². The number of hydrogen-bond donors (Lipinski definition) is 3. The molecular formula is C31H43N9O6. The topological polar surface area (TPSA) is 175 Å². The number of carbonyl (C=O) groups excluding carboxylic acids is 3. The summed E-state index contributed by atoms with van der Waals surface area (Å²) in [6, 6.07) is 1.05. The number of nitrogens with one attached hydrogen (secondary N) is 3. The van der Waals surface area contributed by atoms with E-state index in [1.54, 1.807) is 46.9 Å². The molecule has 0 radical (unpaired) electrons. The average Bonchev–Trinajstić information content (AvgIpc) is 3.39. The van der Waals surface area contributed by atoms with E-state index in [0.29, 0.717) is 60.0 Å². The van der Waals surface area contributed by atoms with E-state index < -0.39 is 23.8 Å². The van der Waals surface area contributed by atoms with Crippen molar-refractivity contribution in [2.75, 3.05) is 44.5 Å². The lowest BCUT2D eigenvalue weighted by molar-refractivity contribution is -0.125. The number of ether oxygens (including phenoxy) is 3. The van der Waals surface area contributed by atoms with E-state index in [2.05, 4.69) is 47.8 Å². The van der Waals surface area contributed by atoms with E-state index in [1.165, 1.54) is 25.3 Å². The second-order valence-corrected chi connectivity index (χ2v) is 11.2. The van der Waals surface area contributed by atoms with E-state index in [-0.39, 0.29) is 18.4 Å². The van der Waals surface area contributed by atoms with Crippen LogP contribution in [-0.2, 0) is 14.3 Å². The van der Waals surface area contributed by atoms with Crippen LogP contribution in [0.15, 0.2) is 18.5 Å². The van der Waals surface area contributed by atoms with Gasteiger partial charge in [0.25, 0.3) is 0 Å². The fourth-order valence-electron chi connectivity index (χ4n) is 3.91. The Morgan fingerprint density at radius 3 is 2.57 bits per heavy atom. The first-order valence-electron chi connectivity index (χ1n) is 15.1. The lowest BCUT2D eigenvalue weighted by Gasteiger charge is -2.28. The molecule has 248 valence electrons. The zero-order chi connectivity index (χ0) is 33.9. The van der Waals surface area contributed by atoms with Crippen LogP contribution in [0.4, 0.5) is 27.0 Å². The fourth-order valence-corrected chi connectivity index (χ4v) is 3.91. The quantitative estimate of drug-likeness (QED) is 0.190. The van der Waals surface area contributed by atoms with Gasteiger partial charge in [-0.3, -0.25) is 9.69 Å². The molecule has 3 rings (SSSR count). The van der Waals surface area contributed by atoms with Crippen molar-refractivity contribution in [1.82, 2.24) is 34.9 Å². The molecule has 0 aromatic carbocycles. The third-order valence-electron chi connectivity index (χ3n) is 6.35. The highest BCUT2D eigenvalue weighted by molar-refractivity contribution is 5.91. The highest BCUT2D eigenvalue weighted by Gasteiger charge is 2.26. The Kier molecular flexibility index (Phi) is 12.5. The standard InChI is InChI=1S/C31H43N9O6/c1-9-15-32-24-21(14-12-11-13-16-33-26(41)20(3)39(7)29(42)46-31(4,5)6)18-35-28(37-24)36-22-17-23-25(34-19-22)40(30(43)45-10-2)38-27(23)44-8/h17-20H,9-11,13,15-16H2,1-8H3,(H,33,41)(H2,32,35,36,37)/t20-/m0/s1. The Morgan fingerprint density at radius 1 is 1.13 bits per heavy atom. The summed E-state index contributed by atoms with van der Waals surface area (Å²) in [5.41, 5.74) is 0.832. The van der Waals surface area contributed by atoms with Crippen LogP contribution in [-0.4, -0.2) is 93.2 Å². The number of fused-ring (bicyclic) bond motifs is 1. The van der Waals surface area contributed by atoms with E-state index in [1.807, 2.05) is 6.92 Å². The van der Waals surface area contributed by atoms with E-state index >= 15 is 0 Å². The summed E-state index contributed by atoms with van der Waals surface area (Å²) in [5, 5.41) is 13.9. The van der Waals surface area contributed by atoms with Gasteiger partial charge < -0.3 is 30.2 Å². The lowest BCUT2D eigenvalue weighted by Crippen LogP contribution is -2.47. The highest BCUT2D eigenvalue weighted by atomic mass is 16.6. The van der Waals surface area contributed by atoms with E-state index in [9.17, 15) is 14.4 Å². The molecule has 0 aliphatic heterocycles. The number of amides is 2.